The SMILES string of the molecule is CC.O=c1cc(O)nc[nH]1. The zero-order valence-corrected chi connectivity index (χ0v) is 5.96. The standard InChI is InChI=1S/C4H4N2O2.C2H6/c7-3-1-4(8)6-2-5-3;1-2/h1-2H,(H2,5,6,7,8);1-2H3. The number of rotatable bonds is 0. The van der Waals surface area contributed by atoms with Gasteiger partial charge in [0.15, 0.2) is 0 Å². The third-order valence-electron chi connectivity index (χ3n) is 0.664. The smallest absolute Gasteiger partial charge is 0.254 e. The summed E-state index contributed by atoms with van der Waals surface area (Å²) in [6.07, 6.45) is 1.14. The van der Waals surface area contributed by atoms with Gasteiger partial charge >= 0.3 is 0 Å². The third kappa shape index (κ3) is 2.86. The molecular formula is C6H10N2O2. The first-order valence-corrected chi connectivity index (χ1v) is 3.03. The van der Waals surface area contributed by atoms with Crippen LogP contribution < -0.4 is 5.56 Å². The number of aromatic amines is 1. The maximum Gasteiger partial charge on any atom is 0.254 e. The summed E-state index contributed by atoms with van der Waals surface area (Å²) in [6.45, 7) is 4.00. The van der Waals surface area contributed by atoms with E-state index in [1.54, 1.807) is 0 Å². The maximum atomic E-state index is 10.2. The molecule has 0 aliphatic rings. The minimum Gasteiger partial charge on any atom is -0.493 e. The molecular weight excluding hydrogens is 132 g/mol. The Bertz CT molecular complexity index is 231. The summed E-state index contributed by atoms with van der Waals surface area (Å²) in [4.78, 5) is 15.8. The Hall–Kier alpha value is -1.32. The van der Waals surface area contributed by atoms with Crippen LogP contribution in [0.1, 0.15) is 13.8 Å². The maximum absolute atomic E-state index is 10.2. The molecule has 56 valence electrons. The van der Waals surface area contributed by atoms with Crippen molar-refractivity contribution >= 4 is 0 Å². The van der Waals surface area contributed by atoms with Gasteiger partial charge in [-0.1, -0.05) is 13.8 Å². The van der Waals surface area contributed by atoms with E-state index in [0.717, 1.165) is 12.4 Å². The Morgan fingerprint density at radius 1 is 1.60 bits per heavy atom. The topological polar surface area (TPSA) is 66.0 Å². The van der Waals surface area contributed by atoms with Gasteiger partial charge in [-0.3, -0.25) is 4.79 Å². The summed E-state index contributed by atoms with van der Waals surface area (Å²) in [5.74, 6) is -0.256. The Balaban J connectivity index is 0.000000371. The van der Waals surface area contributed by atoms with Gasteiger partial charge in [0.1, 0.15) is 0 Å². The van der Waals surface area contributed by atoms with Gasteiger partial charge in [-0.2, -0.15) is 0 Å². The Morgan fingerprint density at radius 2 is 2.20 bits per heavy atom. The highest BCUT2D eigenvalue weighted by Crippen LogP contribution is 1.90. The molecule has 0 aromatic carbocycles. The summed E-state index contributed by atoms with van der Waals surface area (Å²) in [5.41, 5.74) is -0.350. The fourth-order valence-corrected chi connectivity index (χ4v) is 0.358. The average Bonchev–Trinajstić information content (AvgIpc) is 1.91. The van der Waals surface area contributed by atoms with Crippen molar-refractivity contribution in [2.24, 2.45) is 0 Å². The van der Waals surface area contributed by atoms with Crippen LogP contribution in [0.15, 0.2) is 17.2 Å². The van der Waals surface area contributed by atoms with Crippen LogP contribution in [-0.2, 0) is 0 Å². The van der Waals surface area contributed by atoms with Gasteiger partial charge in [0.25, 0.3) is 5.56 Å². The molecule has 1 heterocycles. The second-order valence-corrected chi connectivity index (χ2v) is 1.27. The summed E-state index contributed by atoms with van der Waals surface area (Å²) < 4.78 is 0. The van der Waals surface area contributed by atoms with Gasteiger partial charge in [0, 0.05) is 0 Å². The molecule has 2 N–H and O–H groups in total. The van der Waals surface area contributed by atoms with Crippen LogP contribution in [-0.4, -0.2) is 15.1 Å². The molecule has 1 aromatic rings. The highest BCUT2D eigenvalue weighted by atomic mass is 16.3. The summed E-state index contributed by atoms with van der Waals surface area (Å²) in [5, 5.41) is 8.48. The zero-order chi connectivity index (χ0) is 7.98. The van der Waals surface area contributed by atoms with Crippen molar-refractivity contribution in [3.8, 4) is 5.88 Å². The van der Waals surface area contributed by atoms with Crippen LogP contribution in [0, 0.1) is 0 Å². The average molecular weight is 142 g/mol. The van der Waals surface area contributed by atoms with Crippen molar-refractivity contribution in [2.75, 3.05) is 0 Å². The van der Waals surface area contributed by atoms with E-state index >= 15 is 0 Å². The molecule has 1 aromatic heterocycles. The van der Waals surface area contributed by atoms with E-state index in [4.69, 9.17) is 5.11 Å². The number of aromatic hydroxyl groups is 1. The molecule has 0 atom stereocenters. The minimum atomic E-state index is -0.350. The fourth-order valence-electron chi connectivity index (χ4n) is 0.358. The lowest BCUT2D eigenvalue weighted by atomic mass is 10.6. The molecule has 1 rings (SSSR count). The summed E-state index contributed by atoms with van der Waals surface area (Å²) in [7, 11) is 0. The molecule has 0 amide bonds. The van der Waals surface area contributed by atoms with Crippen LogP contribution in [0.2, 0.25) is 0 Å². The van der Waals surface area contributed by atoms with E-state index in [0.29, 0.717) is 0 Å². The third-order valence-corrected chi connectivity index (χ3v) is 0.664. The van der Waals surface area contributed by atoms with E-state index in [9.17, 15) is 4.79 Å². The number of hydrogen-bond acceptors (Lipinski definition) is 3. The van der Waals surface area contributed by atoms with Gasteiger partial charge in [-0.25, -0.2) is 4.98 Å². The summed E-state index contributed by atoms with van der Waals surface area (Å²) >= 11 is 0. The molecule has 10 heavy (non-hydrogen) atoms. The predicted octanol–water partition coefficient (Wildman–Crippen LogP) is 0.502. The number of hydrogen-bond donors (Lipinski definition) is 2. The van der Waals surface area contributed by atoms with Crippen molar-refractivity contribution in [2.45, 2.75) is 13.8 Å². The second-order valence-electron chi connectivity index (χ2n) is 1.27. The van der Waals surface area contributed by atoms with E-state index in [2.05, 4.69) is 9.97 Å². The van der Waals surface area contributed by atoms with Crippen molar-refractivity contribution in [3.63, 3.8) is 0 Å². The van der Waals surface area contributed by atoms with Crippen LogP contribution in [0.4, 0.5) is 0 Å². The molecule has 0 aliphatic heterocycles. The van der Waals surface area contributed by atoms with Gasteiger partial charge in [-0.15, -0.1) is 0 Å². The van der Waals surface area contributed by atoms with E-state index in [1.165, 1.54) is 0 Å². The predicted molar refractivity (Wildman–Crippen MR) is 37.9 cm³/mol. The summed E-state index contributed by atoms with van der Waals surface area (Å²) in [6, 6.07) is 1.00. The largest absolute Gasteiger partial charge is 0.493 e. The number of nitrogens with one attached hydrogen (secondary N) is 1. The Labute approximate surface area is 58.6 Å². The number of nitrogens with zero attached hydrogens (tertiary/aromatic N) is 1. The zero-order valence-electron chi connectivity index (χ0n) is 5.96. The van der Waals surface area contributed by atoms with Gasteiger partial charge in [0.05, 0.1) is 12.4 Å². The second kappa shape index (κ2) is 4.55. The molecule has 0 radical (unpaired) electrons. The highest BCUT2D eigenvalue weighted by molar-refractivity contribution is 5.01. The van der Waals surface area contributed by atoms with Crippen LogP contribution in [0.25, 0.3) is 0 Å². The van der Waals surface area contributed by atoms with Gasteiger partial charge in [-0.05, 0) is 0 Å². The normalized spacial score (nSPS) is 7.80. The molecule has 0 bridgehead atoms. The van der Waals surface area contributed by atoms with Gasteiger partial charge < -0.3 is 10.1 Å². The molecule has 0 saturated heterocycles. The monoisotopic (exact) mass is 142 g/mol. The van der Waals surface area contributed by atoms with E-state index in [1.807, 2.05) is 13.8 Å². The van der Waals surface area contributed by atoms with Crippen LogP contribution in [0.5, 0.6) is 5.88 Å². The lowest BCUT2D eigenvalue weighted by molar-refractivity contribution is 0.451. The first kappa shape index (κ1) is 8.68. The van der Waals surface area contributed by atoms with E-state index in [-0.39, 0.29) is 11.4 Å². The van der Waals surface area contributed by atoms with Crippen molar-refractivity contribution in [3.05, 3.63) is 22.7 Å². The molecule has 0 unspecified atom stereocenters. The molecule has 4 nitrogen and oxygen atoms in total. The van der Waals surface area contributed by atoms with Crippen molar-refractivity contribution in [1.29, 1.82) is 0 Å². The molecule has 0 saturated carbocycles. The Kier molecular flexibility index (Phi) is 3.95. The first-order valence-electron chi connectivity index (χ1n) is 3.03. The fraction of sp³-hybridized carbons (Fsp3) is 0.333. The molecule has 0 aliphatic carbocycles. The lowest BCUT2D eigenvalue weighted by Gasteiger charge is -1.82. The Morgan fingerprint density at radius 3 is 2.50 bits per heavy atom. The highest BCUT2D eigenvalue weighted by Gasteiger charge is 1.84. The number of aromatic nitrogens is 2. The van der Waals surface area contributed by atoms with Crippen molar-refractivity contribution < 1.29 is 5.11 Å². The lowest BCUT2D eigenvalue weighted by Crippen LogP contribution is -2.01. The quantitative estimate of drug-likeness (QED) is 0.554. The van der Waals surface area contributed by atoms with E-state index < -0.39 is 0 Å². The first-order chi connectivity index (χ1) is 4.79. The molecule has 0 fully saturated rings. The molecule has 4 heteroatoms. The van der Waals surface area contributed by atoms with Gasteiger partial charge in [0.2, 0.25) is 5.88 Å². The number of H-pyrrole nitrogens is 1. The van der Waals surface area contributed by atoms with Crippen molar-refractivity contribution in [1.82, 2.24) is 9.97 Å². The van der Waals surface area contributed by atoms with Crippen LogP contribution >= 0.6 is 0 Å². The van der Waals surface area contributed by atoms with Crippen LogP contribution in [0.3, 0.4) is 0 Å². The minimum absolute atomic E-state index is 0.256. The molecule has 0 spiro atoms.